The van der Waals surface area contributed by atoms with Gasteiger partial charge in [0.2, 0.25) is 5.78 Å². The molecule has 2 aliphatic heterocycles. The van der Waals surface area contributed by atoms with Gasteiger partial charge in [-0.3, -0.25) is 4.79 Å². The summed E-state index contributed by atoms with van der Waals surface area (Å²) in [6, 6.07) is 12.8. The number of ketones is 1. The molecular weight excluding hydrogens is 384 g/mol. The molecule has 7 nitrogen and oxygen atoms in total. The topological polar surface area (TPSA) is 70.0 Å². The van der Waals surface area contributed by atoms with Gasteiger partial charge in [-0.2, -0.15) is 0 Å². The number of carbonyl (C=O) groups excluding carboxylic acids is 2. The fourth-order valence-electron chi connectivity index (χ4n) is 3.77. The van der Waals surface area contributed by atoms with Gasteiger partial charge < -0.3 is 23.7 Å². The first-order chi connectivity index (χ1) is 14.6. The maximum Gasteiger partial charge on any atom is 0.415 e. The molecule has 7 heteroatoms. The average Bonchev–Trinajstić information content (AvgIpc) is 3.25. The summed E-state index contributed by atoms with van der Waals surface area (Å²) in [6.45, 7) is 1.99. The summed E-state index contributed by atoms with van der Waals surface area (Å²) in [5.41, 5.74) is 2.43. The van der Waals surface area contributed by atoms with Crippen LogP contribution < -0.4 is 9.47 Å². The van der Waals surface area contributed by atoms with Crippen LogP contribution in [-0.4, -0.2) is 47.6 Å². The maximum atomic E-state index is 12.8. The van der Waals surface area contributed by atoms with Gasteiger partial charge in [-0.25, -0.2) is 4.79 Å². The maximum absolute atomic E-state index is 12.8. The van der Waals surface area contributed by atoms with Gasteiger partial charge in [0.1, 0.15) is 11.5 Å². The van der Waals surface area contributed by atoms with Crippen LogP contribution in [0.25, 0.3) is 17.0 Å². The van der Waals surface area contributed by atoms with Gasteiger partial charge in [0.15, 0.2) is 5.76 Å². The summed E-state index contributed by atoms with van der Waals surface area (Å²) in [6.07, 6.45) is 3.28. The standard InChI is InChI=1S/C23H20N2O5/c1-24-14-15(17-4-2-3-5-19(17)24)12-21-22(26)18-7-6-16(13-20(18)30-21)29-23(27)25-8-10-28-11-9-25/h2-7,12-14H,8-11H2,1H3/b21-12+. The second-order valence-corrected chi connectivity index (χ2v) is 7.28. The van der Waals surface area contributed by atoms with Gasteiger partial charge in [-0.05, 0) is 24.3 Å². The molecule has 1 amide bonds. The quantitative estimate of drug-likeness (QED) is 0.610. The fourth-order valence-corrected chi connectivity index (χ4v) is 3.77. The van der Waals surface area contributed by atoms with Crippen molar-refractivity contribution in [3.8, 4) is 11.5 Å². The van der Waals surface area contributed by atoms with E-state index in [1.165, 1.54) is 0 Å². The summed E-state index contributed by atoms with van der Waals surface area (Å²) >= 11 is 0. The Morgan fingerprint density at radius 3 is 2.77 bits per heavy atom. The van der Waals surface area contributed by atoms with Crippen molar-refractivity contribution in [1.29, 1.82) is 0 Å². The Balaban J connectivity index is 1.39. The fraction of sp³-hybridized carbons (Fsp3) is 0.217. The molecule has 0 bridgehead atoms. The van der Waals surface area contributed by atoms with E-state index in [9.17, 15) is 9.59 Å². The number of aromatic nitrogens is 1. The summed E-state index contributed by atoms with van der Waals surface area (Å²) < 4.78 is 18.5. The van der Waals surface area contributed by atoms with Crippen molar-refractivity contribution in [2.24, 2.45) is 7.05 Å². The predicted molar refractivity (Wildman–Crippen MR) is 111 cm³/mol. The van der Waals surface area contributed by atoms with E-state index in [1.54, 1.807) is 29.2 Å². The number of rotatable bonds is 2. The van der Waals surface area contributed by atoms with Gasteiger partial charge >= 0.3 is 6.09 Å². The van der Waals surface area contributed by atoms with Crippen molar-refractivity contribution < 1.29 is 23.8 Å². The molecule has 3 aromatic rings. The number of hydrogen-bond acceptors (Lipinski definition) is 5. The third-order valence-electron chi connectivity index (χ3n) is 5.33. The van der Waals surface area contributed by atoms with Crippen LogP contribution in [0.1, 0.15) is 15.9 Å². The molecule has 0 aliphatic carbocycles. The van der Waals surface area contributed by atoms with Crippen molar-refractivity contribution in [3.05, 3.63) is 65.5 Å². The molecule has 1 saturated heterocycles. The first-order valence-corrected chi connectivity index (χ1v) is 9.77. The van der Waals surface area contributed by atoms with Gasteiger partial charge in [0, 0.05) is 48.9 Å². The number of ether oxygens (including phenoxy) is 3. The zero-order chi connectivity index (χ0) is 20.7. The van der Waals surface area contributed by atoms with Crippen molar-refractivity contribution in [2.75, 3.05) is 26.3 Å². The van der Waals surface area contributed by atoms with E-state index in [0.29, 0.717) is 43.4 Å². The Morgan fingerprint density at radius 1 is 1.13 bits per heavy atom. The summed E-state index contributed by atoms with van der Waals surface area (Å²) in [7, 11) is 1.96. The van der Waals surface area contributed by atoms with E-state index in [4.69, 9.17) is 14.2 Å². The molecule has 5 rings (SSSR count). The number of fused-ring (bicyclic) bond motifs is 2. The van der Waals surface area contributed by atoms with Crippen LogP contribution in [0, 0.1) is 0 Å². The molecule has 0 atom stereocenters. The van der Waals surface area contributed by atoms with Crippen molar-refractivity contribution >= 4 is 28.9 Å². The van der Waals surface area contributed by atoms with E-state index in [0.717, 1.165) is 16.5 Å². The third kappa shape index (κ3) is 3.23. The number of amides is 1. The minimum Gasteiger partial charge on any atom is -0.452 e. The molecule has 152 valence electrons. The number of carbonyl (C=O) groups is 2. The largest absolute Gasteiger partial charge is 0.452 e. The normalized spacial score (nSPS) is 17.3. The average molecular weight is 404 g/mol. The molecule has 0 saturated carbocycles. The number of benzene rings is 2. The molecule has 0 N–H and O–H groups in total. The van der Waals surface area contributed by atoms with E-state index in [2.05, 4.69) is 0 Å². The Kier molecular flexibility index (Phi) is 4.52. The Bertz CT molecular complexity index is 1190. The molecule has 0 spiro atoms. The van der Waals surface area contributed by atoms with Crippen LogP contribution in [0.15, 0.2) is 54.4 Å². The molecule has 3 heterocycles. The molecule has 1 aromatic heterocycles. The highest BCUT2D eigenvalue weighted by molar-refractivity contribution is 6.15. The lowest BCUT2D eigenvalue weighted by atomic mass is 10.1. The van der Waals surface area contributed by atoms with Crippen LogP contribution >= 0.6 is 0 Å². The lowest BCUT2D eigenvalue weighted by molar-refractivity contribution is 0.0416. The third-order valence-corrected chi connectivity index (χ3v) is 5.33. The van der Waals surface area contributed by atoms with Crippen molar-refractivity contribution in [2.45, 2.75) is 0 Å². The lowest BCUT2D eigenvalue weighted by Crippen LogP contribution is -2.42. The molecule has 2 aliphatic rings. The van der Waals surface area contributed by atoms with Gasteiger partial charge in [0.05, 0.1) is 18.8 Å². The van der Waals surface area contributed by atoms with Crippen LogP contribution in [0.5, 0.6) is 11.5 Å². The number of Topliss-reactive ketones (excluding diaryl/α,β-unsaturated/α-hetero) is 1. The number of allylic oxidation sites excluding steroid dienone is 1. The Morgan fingerprint density at radius 2 is 1.93 bits per heavy atom. The summed E-state index contributed by atoms with van der Waals surface area (Å²) in [5.74, 6) is 0.783. The molecule has 2 aromatic carbocycles. The molecule has 0 radical (unpaired) electrons. The van der Waals surface area contributed by atoms with Crippen LogP contribution in [0.2, 0.25) is 0 Å². The van der Waals surface area contributed by atoms with Crippen molar-refractivity contribution in [3.63, 3.8) is 0 Å². The number of para-hydroxylation sites is 1. The number of hydrogen-bond donors (Lipinski definition) is 0. The Hall–Kier alpha value is -3.58. The lowest BCUT2D eigenvalue weighted by Gasteiger charge is -2.25. The smallest absolute Gasteiger partial charge is 0.415 e. The van der Waals surface area contributed by atoms with E-state index in [-0.39, 0.29) is 11.5 Å². The Labute approximate surface area is 173 Å². The summed E-state index contributed by atoms with van der Waals surface area (Å²) in [5, 5.41) is 1.04. The SMILES string of the molecule is Cn1cc(/C=C2/Oc3cc(OC(=O)N4CCOCC4)ccc3C2=O)c2ccccc21. The van der Waals surface area contributed by atoms with Crippen LogP contribution in [-0.2, 0) is 11.8 Å². The first kappa shape index (κ1) is 18.4. The van der Waals surface area contributed by atoms with E-state index >= 15 is 0 Å². The van der Waals surface area contributed by atoms with Gasteiger partial charge in [0.25, 0.3) is 0 Å². The minimum atomic E-state index is -0.436. The molecule has 30 heavy (non-hydrogen) atoms. The highest BCUT2D eigenvalue weighted by Gasteiger charge is 2.29. The first-order valence-electron chi connectivity index (χ1n) is 9.77. The predicted octanol–water partition coefficient (Wildman–Crippen LogP) is 3.63. The van der Waals surface area contributed by atoms with Crippen molar-refractivity contribution in [1.82, 2.24) is 9.47 Å². The molecular formula is C23H20N2O5. The van der Waals surface area contributed by atoms with E-state index in [1.807, 2.05) is 42.1 Å². The second-order valence-electron chi connectivity index (χ2n) is 7.28. The molecule has 0 unspecified atom stereocenters. The highest BCUT2D eigenvalue weighted by atomic mass is 16.6. The van der Waals surface area contributed by atoms with Crippen LogP contribution in [0.3, 0.4) is 0 Å². The summed E-state index contributed by atoms with van der Waals surface area (Å²) in [4.78, 5) is 26.7. The number of morpholine rings is 1. The second kappa shape index (κ2) is 7.35. The molecule has 1 fully saturated rings. The number of nitrogens with zero attached hydrogens (tertiary/aromatic N) is 2. The van der Waals surface area contributed by atoms with E-state index < -0.39 is 6.09 Å². The zero-order valence-corrected chi connectivity index (χ0v) is 16.5. The monoisotopic (exact) mass is 404 g/mol. The highest BCUT2D eigenvalue weighted by Crippen LogP contribution is 2.36. The van der Waals surface area contributed by atoms with Gasteiger partial charge in [-0.1, -0.05) is 18.2 Å². The minimum absolute atomic E-state index is 0.191. The van der Waals surface area contributed by atoms with Crippen LogP contribution in [0.4, 0.5) is 4.79 Å². The van der Waals surface area contributed by atoms with Gasteiger partial charge in [-0.15, -0.1) is 0 Å². The number of aryl methyl sites for hydroxylation is 1. The zero-order valence-electron chi connectivity index (χ0n) is 16.5.